The quantitative estimate of drug-likeness (QED) is 0.471. The zero-order valence-electron chi connectivity index (χ0n) is 14.3. The van der Waals surface area contributed by atoms with Gasteiger partial charge in [0, 0.05) is 31.1 Å². The lowest BCUT2D eigenvalue weighted by atomic mass is 10.0. The van der Waals surface area contributed by atoms with Crippen LogP contribution in [0.2, 0.25) is 0 Å². The van der Waals surface area contributed by atoms with Gasteiger partial charge in [-0.15, -0.1) is 0 Å². The van der Waals surface area contributed by atoms with Crippen molar-refractivity contribution in [3.8, 4) is 0 Å². The molecule has 0 radical (unpaired) electrons. The van der Waals surface area contributed by atoms with E-state index in [4.69, 9.17) is 0 Å². The zero-order chi connectivity index (χ0) is 17.9. The molecule has 2 atom stereocenters. The summed E-state index contributed by atoms with van der Waals surface area (Å²) in [5.74, 6) is 0.541. The Labute approximate surface area is 156 Å². The highest BCUT2D eigenvalue weighted by Crippen LogP contribution is 2.35. The number of benzene rings is 1. The van der Waals surface area contributed by atoms with E-state index in [-0.39, 0.29) is 24.0 Å². The molecule has 134 valence electrons. The number of β-lactam (4-membered cyclic amide) rings is 1. The third-order valence-electron chi connectivity index (χ3n) is 4.88. The van der Waals surface area contributed by atoms with Gasteiger partial charge in [0.2, 0.25) is 5.91 Å². The molecule has 0 bridgehead atoms. The minimum atomic E-state index is -0.160. The number of aromatic nitrogens is 2. The Bertz CT molecular complexity index is 787. The van der Waals surface area contributed by atoms with Gasteiger partial charge in [0.05, 0.1) is 12.1 Å². The lowest BCUT2D eigenvalue weighted by Crippen LogP contribution is -2.60. The molecule has 0 aliphatic carbocycles. The number of likely N-dealkylation sites (tertiary alicyclic amines) is 2. The smallest absolute Gasteiger partial charge is 0.317 e. The third kappa shape index (κ3) is 3.31. The van der Waals surface area contributed by atoms with Crippen molar-refractivity contribution in [2.24, 2.45) is 0 Å². The van der Waals surface area contributed by atoms with E-state index in [2.05, 4.69) is 9.97 Å². The highest BCUT2D eigenvalue weighted by atomic mass is 32.2. The van der Waals surface area contributed by atoms with Crippen LogP contribution in [-0.2, 0) is 4.79 Å². The number of urea groups is 1. The number of nitrogens with zero attached hydrogens (tertiary/aromatic N) is 4. The van der Waals surface area contributed by atoms with Crippen molar-refractivity contribution in [1.29, 1.82) is 0 Å². The highest BCUT2D eigenvalue weighted by molar-refractivity contribution is 7.99. The molecule has 3 amide bonds. The number of rotatable bonds is 4. The zero-order valence-corrected chi connectivity index (χ0v) is 15.1. The second-order valence-electron chi connectivity index (χ2n) is 6.51. The topological polar surface area (TPSA) is 66.4 Å². The molecule has 0 spiro atoms. The van der Waals surface area contributed by atoms with E-state index in [1.54, 1.807) is 18.5 Å². The molecule has 1 unspecified atom stereocenters. The second kappa shape index (κ2) is 7.45. The Kier molecular flexibility index (Phi) is 4.88. The fraction of sp³-hybridized carbons (Fsp3) is 0.368. The Balaban J connectivity index is 1.43. The predicted molar refractivity (Wildman–Crippen MR) is 98.5 cm³/mol. The molecular formula is C19H20N4O2S. The van der Waals surface area contributed by atoms with Gasteiger partial charge >= 0.3 is 6.03 Å². The van der Waals surface area contributed by atoms with Gasteiger partial charge in [-0.3, -0.25) is 9.69 Å². The molecule has 1 aromatic heterocycles. The molecular weight excluding hydrogens is 348 g/mol. The largest absolute Gasteiger partial charge is 0.327 e. The number of amides is 3. The van der Waals surface area contributed by atoms with Gasteiger partial charge in [0.25, 0.3) is 0 Å². The minimum absolute atomic E-state index is 0.0582. The van der Waals surface area contributed by atoms with Crippen molar-refractivity contribution < 1.29 is 9.59 Å². The molecule has 2 aliphatic rings. The van der Waals surface area contributed by atoms with Crippen molar-refractivity contribution in [2.75, 3.05) is 12.3 Å². The molecule has 4 rings (SSSR count). The van der Waals surface area contributed by atoms with Crippen LogP contribution < -0.4 is 0 Å². The van der Waals surface area contributed by atoms with Crippen LogP contribution in [0, 0.1) is 0 Å². The highest BCUT2D eigenvalue weighted by Gasteiger charge is 2.45. The number of carbonyl (C=O) groups is 2. The molecule has 7 heteroatoms. The van der Waals surface area contributed by atoms with Crippen LogP contribution in [0.1, 0.15) is 30.9 Å². The SMILES string of the molecule is O=C1CC(CSc2ncccn2)N1C(=O)N1CCC[C@H]1c1ccccc1. The lowest BCUT2D eigenvalue weighted by Gasteiger charge is -2.41. The van der Waals surface area contributed by atoms with Crippen LogP contribution in [0.4, 0.5) is 4.79 Å². The molecule has 1 aromatic carbocycles. The Hall–Kier alpha value is -2.41. The fourth-order valence-corrected chi connectivity index (χ4v) is 4.44. The van der Waals surface area contributed by atoms with Crippen LogP contribution in [0.3, 0.4) is 0 Å². The standard InChI is InChI=1S/C19H20N4O2S/c24-17-12-15(13-26-18-20-9-5-10-21-18)23(17)19(25)22-11-4-8-16(22)14-6-2-1-3-7-14/h1-3,5-7,9-10,15-16H,4,8,11-13H2/t15?,16-/m0/s1. The van der Waals surface area contributed by atoms with Crippen molar-refractivity contribution in [1.82, 2.24) is 19.8 Å². The second-order valence-corrected chi connectivity index (χ2v) is 7.50. The van der Waals surface area contributed by atoms with Crippen molar-refractivity contribution in [3.63, 3.8) is 0 Å². The molecule has 26 heavy (non-hydrogen) atoms. The van der Waals surface area contributed by atoms with Crippen LogP contribution in [0.15, 0.2) is 53.9 Å². The molecule has 0 saturated carbocycles. The molecule has 2 saturated heterocycles. The summed E-state index contributed by atoms with van der Waals surface area (Å²) in [5.41, 5.74) is 1.13. The number of thioether (sulfide) groups is 1. The molecule has 0 N–H and O–H groups in total. The number of hydrogen-bond donors (Lipinski definition) is 0. The van der Waals surface area contributed by atoms with Gasteiger partial charge in [0.1, 0.15) is 0 Å². The minimum Gasteiger partial charge on any atom is -0.317 e. The fourth-order valence-electron chi connectivity index (χ4n) is 3.57. The molecule has 2 aliphatic heterocycles. The van der Waals surface area contributed by atoms with Gasteiger partial charge in [-0.1, -0.05) is 42.1 Å². The summed E-state index contributed by atoms with van der Waals surface area (Å²) in [7, 11) is 0. The Morgan fingerprint density at radius 1 is 1.15 bits per heavy atom. The maximum absolute atomic E-state index is 13.0. The number of carbonyl (C=O) groups excluding carboxylic acids is 2. The average Bonchev–Trinajstić information content (AvgIpc) is 3.16. The number of imide groups is 1. The van der Waals surface area contributed by atoms with Gasteiger partial charge in [-0.2, -0.15) is 0 Å². The summed E-state index contributed by atoms with van der Waals surface area (Å²) in [6.45, 7) is 0.698. The summed E-state index contributed by atoms with van der Waals surface area (Å²) in [5, 5.41) is 0.669. The average molecular weight is 368 g/mol. The van der Waals surface area contributed by atoms with Gasteiger partial charge < -0.3 is 4.90 Å². The van der Waals surface area contributed by atoms with E-state index in [0.717, 1.165) is 18.4 Å². The normalized spacial score (nSPS) is 22.4. The van der Waals surface area contributed by atoms with Crippen LogP contribution in [0.25, 0.3) is 0 Å². The maximum Gasteiger partial charge on any atom is 0.327 e. The van der Waals surface area contributed by atoms with Crippen molar-refractivity contribution in [2.45, 2.75) is 36.5 Å². The molecule has 6 nitrogen and oxygen atoms in total. The predicted octanol–water partition coefficient (Wildman–Crippen LogP) is 3.13. The lowest BCUT2D eigenvalue weighted by molar-refractivity contribution is -0.140. The van der Waals surface area contributed by atoms with E-state index in [0.29, 0.717) is 23.9 Å². The summed E-state index contributed by atoms with van der Waals surface area (Å²) < 4.78 is 0. The van der Waals surface area contributed by atoms with Gasteiger partial charge in [-0.05, 0) is 24.5 Å². The summed E-state index contributed by atoms with van der Waals surface area (Å²) in [6, 6.07) is 11.6. The Morgan fingerprint density at radius 3 is 2.65 bits per heavy atom. The van der Waals surface area contributed by atoms with Crippen LogP contribution >= 0.6 is 11.8 Å². The summed E-state index contributed by atoms with van der Waals surface area (Å²) in [6.07, 6.45) is 5.70. The van der Waals surface area contributed by atoms with E-state index < -0.39 is 0 Å². The monoisotopic (exact) mass is 368 g/mol. The molecule has 2 aromatic rings. The first kappa shape index (κ1) is 17.0. The first-order valence-corrected chi connectivity index (χ1v) is 9.80. The van der Waals surface area contributed by atoms with E-state index in [1.807, 2.05) is 35.2 Å². The van der Waals surface area contributed by atoms with Crippen molar-refractivity contribution >= 4 is 23.7 Å². The van der Waals surface area contributed by atoms with E-state index >= 15 is 0 Å². The van der Waals surface area contributed by atoms with E-state index in [9.17, 15) is 9.59 Å². The first-order valence-electron chi connectivity index (χ1n) is 8.81. The van der Waals surface area contributed by atoms with E-state index in [1.165, 1.54) is 16.7 Å². The molecule has 2 fully saturated rings. The maximum atomic E-state index is 13.0. The molecule has 3 heterocycles. The summed E-state index contributed by atoms with van der Waals surface area (Å²) in [4.78, 5) is 36.8. The first-order chi connectivity index (χ1) is 12.7. The van der Waals surface area contributed by atoms with Gasteiger partial charge in [-0.25, -0.2) is 14.8 Å². The van der Waals surface area contributed by atoms with Crippen LogP contribution in [0.5, 0.6) is 0 Å². The van der Waals surface area contributed by atoms with Gasteiger partial charge in [0.15, 0.2) is 5.16 Å². The summed E-state index contributed by atoms with van der Waals surface area (Å²) >= 11 is 1.48. The number of hydrogen-bond acceptors (Lipinski definition) is 5. The van der Waals surface area contributed by atoms with Crippen LogP contribution in [-0.4, -0.2) is 50.0 Å². The van der Waals surface area contributed by atoms with Crippen molar-refractivity contribution in [3.05, 3.63) is 54.4 Å². The Morgan fingerprint density at radius 2 is 1.92 bits per heavy atom. The third-order valence-corrected chi connectivity index (χ3v) is 5.90.